The molecular formula is C18H15NS. The Morgan fingerprint density at radius 2 is 2.30 bits per heavy atom. The Hall–Kier alpha value is -1.93. The normalized spacial score (nSPS) is 21.9. The summed E-state index contributed by atoms with van der Waals surface area (Å²) in [5.74, 6) is 0. The summed E-state index contributed by atoms with van der Waals surface area (Å²) in [4.78, 5) is 4.05. The lowest BCUT2D eigenvalue weighted by molar-refractivity contribution is 1.07. The number of aromatic nitrogens is 1. The molecule has 1 aliphatic rings. The van der Waals surface area contributed by atoms with Crippen LogP contribution in [0.1, 0.15) is 37.8 Å². The van der Waals surface area contributed by atoms with E-state index in [1.54, 1.807) is 0 Å². The van der Waals surface area contributed by atoms with Crippen LogP contribution in [0.15, 0.2) is 42.4 Å². The zero-order valence-electron chi connectivity index (χ0n) is 20.3. The van der Waals surface area contributed by atoms with E-state index in [1.165, 1.54) is 0 Å². The van der Waals surface area contributed by atoms with Crippen molar-refractivity contribution >= 4 is 33.1 Å². The Morgan fingerprint density at radius 1 is 1.30 bits per heavy atom. The van der Waals surface area contributed by atoms with Crippen molar-refractivity contribution < 1.29 is 13.7 Å². The fourth-order valence-electron chi connectivity index (χ4n) is 2.42. The molecule has 0 saturated carbocycles. The molecule has 0 fully saturated rings. The van der Waals surface area contributed by atoms with E-state index in [-0.39, 0.29) is 23.8 Å². The number of hydrogen-bond acceptors (Lipinski definition) is 2. The summed E-state index contributed by atoms with van der Waals surface area (Å²) in [6.07, 6.45) is 2.40. The number of hydrogen-bond donors (Lipinski definition) is 0. The second-order valence-electron chi connectivity index (χ2n) is 4.47. The van der Waals surface area contributed by atoms with Gasteiger partial charge in [0, 0.05) is 24.9 Å². The van der Waals surface area contributed by atoms with E-state index >= 15 is 0 Å². The molecule has 2 heterocycles. The van der Waals surface area contributed by atoms with E-state index in [0.29, 0.717) is 38.3 Å². The predicted octanol–water partition coefficient (Wildman–Crippen LogP) is 3.38. The second kappa shape index (κ2) is 4.57. The van der Waals surface area contributed by atoms with Gasteiger partial charge in [-0.05, 0) is 54.7 Å². The van der Waals surface area contributed by atoms with Gasteiger partial charge >= 0.3 is 0 Å². The first-order chi connectivity index (χ1) is 13.9. The standard InChI is InChI=1S/C18H15NS/c1-12-8-9-17-15(11-12)13-5-4-6-14(18(13)20-17)16-7-2-3-10-19-16/h2-3,5,7-11H,4,6H2,1H3/i1D3,2D,3D,7D,8D,9D,10D,11D. The van der Waals surface area contributed by atoms with Crippen LogP contribution in [0.2, 0.25) is 0 Å². The van der Waals surface area contributed by atoms with Crippen molar-refractivity contribution in [2.45, 2.75) is 19.7 Å². The van der Waals surface area contributed by atoms with Crippen LogP contribution in [0.3, 0.4) is 0 Å². The molecular weight excluding hydrogens is 262 g/mol. The van der Waals surface area contributed by atoms with Gasteiger partial charge in [0.25, 0.3) is 0 Å². The SMILES string of the molecule is [2H]c1nc(C2=c3sc4c([2H])c([2H])c(C([2H])([2H])[2H])c([2H])c4c3=CCC2)c([2H])c([2H])c1[2H]. The average molecular weight is 287 g/mol. The third-order valence-electron chi connectivity index (χ3n) is 3.27. The molecule has 2 aromatic heterocycles. The highest BCUT2D eigenvalue weighted by Crippen LogP contribution is 2.22. The summed E-state index contributed by atoms with van der Waals surface area (Å²) in [6, 6.07) is -2.14. The van der Waals surface area contributed by atoms with Crippen molar-refractivity contribution in [3.05, 3.63) is 63.4 Å². The minimum atomic E-state index is -2.70. The molecule has 2 heteroatoms. The maximum Gasteiger partial charge on any atom is 0.0840 e. The van der Waals surface area contributed by atoms with Crippen molar-refractivity contribution in [1.82, 2.24) is 4.98 Å². The molecule has 0 spiro atoms. The van der Waals surface area contributed by atoms with Crippen molar-refractivity contribution in [2.24, 2.45) is 0 Å². The highest BCUT2D eigenvalue weighted by atomic mass is 32.1. The van der Waals surface area contributed by atoms with Crippen LogP contribution in [-0.4, -0.2) is 4.98 Å². The fourth-order valence-corrected chi connectivity index (χ4v) is 3.61. The Morgan fingerprint density at radius 3 is 3.25 bits per heavy atom. The van der Waals surface area contributed by atoms with E-state index in [1.807, 2.05) is 6.08 Å². The van der Waals surface area contributed by atoms with E-state index in [9.17, 15) is 0 Å². The van der Waals surface area contributed by atoms with Gasteiger partial charge in [-0.3, -0.25) is 4.98 Å². The third-order valence-corrected chi connectivity index (χ3v) is 4.45. The Labute approximate surface area is 136 Å². The van der Waals surface area contributed by atoms with Crippen LogP contribution < -0.4 is 9.75 Å². The van der Waals surface area contributed by atoms with Gasteiger partial charge in [-0.2, -0.15) is 0 Å². The minimum absolute atomic E-state index is 0.113. The van der Waals surface area contributed by atoms with Gasteiger partial charge in [-0.1, -0.05) is 23.7 Å². The molecule has 1 aliphatic carbocycles. The van der Waals surface area contributed by atoms with E-state index in [4.69, 9.17) is 13.7 Å². The van der Waals surface area contributed by atoms with Crippen LogP contribution in [0.25, 0.3) is 21.7 Å². The van der Waals surface area contributed by atoms with Gasteiger partial charge in [0.15, 0.2) is 0 Å². The van der Waals surface area contributed by atoms with Crippen LogP contribution in [-0.2, 0) is 0 Å². The molecule has 0 bridgehead atoms. The van der Waals surface area contributed by atoms with Gasteiger partial charge in [-0.15, -0.1) is 11.3 Å². The Bertz CT molecular complexity index is 1350. The zero-order valence-corrected chi connectivity index (χ0v) is 11.2. The third kappa shape index (κ3) is 1.80. The van der Waals surface area contributed by atoms with E-state index < -0.39 is 36.7 Å². The average Bonchev–Trinajstić information content (AvgIpc) is 3.06. The summed E-state index contributed by atoms with van der Waals surface area (Å²) < 4.78 is 80.6. The summed E-state index contributed by atoms with van der Waals surface area (Å²) in [5, 5.41) is 0.856. The maximum atomic E-state index is 8.48. The molecule has 0 N–H and O–H groups in total. The summed E-state index contributed by atoms with van der Waals surface area (Å²) in [5.41, 5.74) is 0.226. The van der Waals surface area contributed by atoms with E-state index in [0.717, 1.165) is 11.3 Å². The second-order valence-corrected chi connectivity index (χ2v) is 5.49. The van der Waals surface area contributed by atoms with Gasteiger partial charge in [0.1, 0.15) is 0 Å². The van der Waals surface area contributed by atoms with Gasteiger partial charge in [0.2, 0.25) is 0 Å². The van der Waals surface area contributed by atoms with Crippen LogP contribution >= 0.6 is 11.3 Å². The number of benzene rings is 1. The molecule has 20 heavy (non-hydrogen) atoms. The number of rotatable bonds is 1. The molecule has 98 valence electrons. The number of nitrogens with zero attached hydrogens (tertiary/aromatic N) is 1. The molecule has 0 radical (unpaired) electrons. The summed E-state index contributed by atoms with van der Waals surface area (Å²) in [7, 11) is 0. The summed E-state index contributed by atoms with van der Waals surface area (Å²) in [6.45, 7) is -2.70. The highest BCUT2D eigenvalue weighted by molar-refractivity contribution is 7.17. The predicted molar refractivity (Wildman–Crippen MR) is 86.3 cm³/mol. The first-order valence-electron chi connectivity index (χ1n) is 11.2. The topological polar surface area (TPSA) is 12.9 Å². The van der Waals surface area contributed by atoms with Gasteiger partial charge in [-0.25, -0.2) is 0 Å². The maximum absolute atomic E-state index is 8.48. The molecule has 0 atom stereocenters. The molecule has 3 aromatic rings. The molecule has 0 unspecified atom stereocenters. The van der Waals surface area contributed by atoms with Crippen molar-refractivity contribution in [1.29, 1.82) is 0 Å². The molecule has 4 rings (SSSR count). The lowest BCUT2D eigenvalue weighted by Crippen LogP contribution is -2.25. The van der Waals surface area contributed by atoms with Gasteiger partial charge < -0.3 is 0 Å². The molecule has 1 aromatic carbocycles. The first kappa shape index (κ1) is 5.45. The van der Waals surface area contributed by atoms with Crippen molar-refractivity contribution in [3.8, 4) is 0 Å². The van der Waals surface area contributed by atoms with Crippen LogP contribution in [0.5, 0.6) is 0 Å². The molecule has 0 saturated heterocycles. The smallest absolute Gasteiger partial charge is 0.0840 e. The molecule has 0 amide bonds. The van der Waals surface area contributed by atoms with Crippen molar-refractivity contribution in [2.75, 3.05) is 0 Å². The minimum Gasteiger partial charge on any atom is -0.257 e. The Kier molecular flexibility index (Phi) is 1.25. The number of fused-ring (bicyclic) bond motifs is 3. The van der Waals surface area contributed by atoms with Crippen molar-refractivity contribution in [3.63, 3.8) is 0 Å². The summed E-state index contributed by atoms with van der Waals surface area (Å²) >= 11 is 1.13. The fraction of sp³-hybridized carbons (Fsp3) is 0.167. The number of thiophene rings is 1. The Balaban J connectivity index is 2.20. The zero-order chi connectivity index (χ0) is 22.1. The van der Waals surface area contributed by atoms with E-state index in [2.05, 4.69) is 4.98 Å². The molecule has 0 aliphatic heterocycles. The highest BCUT2D eigenvalue weighted by Gasteiger charge is 2.12. The quantitative estimate of drug-likeness (QED) is 0.668. The first-order valence-corrected chi connectivity index (χ1v) is 6.97. The number of pyridine rings is 1. The van der Waals surface area contributed by atoms with Crippen LogP contribution in [0.4, 0.5) is 0 Å². The lowest BCUT2D eigenvalue weighted by atomic mass is 10.00. The largest absolute Gasteiger partial charge is 0.257 e. The lowest BCUT2D eigenvalue weighted by Gasteiger charge is -2.07. The monoisotopic (exact) mass is 287 g/mol. The van der Waals surface area contributed by atoms with Gasteiger partial charge in [0.05, 0.1) is 15.3 Å². The molecule has 1 nitrogen and oxygen atoms in total. The van der Waals surface area contributed by atoms with Crippen LogP contribution in [0, 0.1) is 6.85 Å².